The number of nitrogens with two attached hydrogens (primary N) is 1. The summed E-state index contributed by atoms with van der Waals surface area (Å²) in [5.74, 6) is -2.64. The second-order valence-electron chi connectivity index (χ2n) is 4.70. The summed E-state index contributed by atoms with van der Waals surface area (Å²) in [5.41, 5.74) is 5.50. The Morgan fingerprint density at radius 2 is 1.78 bits per heavy atom. The van der Waals surface area contributed by atoms with Gasteiger partial charge in [-0.1, -0.05) is 30.3 Å². The van der Waals surface area contributed by atoms with Crippen molar-refractivity contribution in [1.82, 2.24) is 0 Å². The van der Waals surface area contributed by atoms with Crippen LogP contribution in [0.4, 0.5) is 8.78 Å². The zero-order chi connectivity index (χ0) is 12.8. The third-order valence-corrected chi connectivity index (χ3v) is 4.92. The lowest BCUT2D eigenvalue weighted by atomic mass is 10.0. The number of rotatable bonds is 3. The molecule has 0 bridgehead atoms. The van der Waals surface area contributed by atoms with Gasteiger partial charge in [0.25, 0.3) is 5.92 Å². The molecule has 0 spiro atoms. The summed E-state index contributed by atoms with van der Waals surface area (Å²) in [6.07, 6.45) is -0.120. The molecule has 18 heavy (non-hydrogen) atoms. The van der Waals surface area contributed by atoms with Gasteiger partial charge in [0, 0.05) is 22.7 Å². The van der Waals surface area contributed by atoms with E-state index in [1.807, 2.05) is 36.4 Å². The monoisotopic (exact) mass is 265 g/mol. The van der Waals surface area contributed by atoms with E-state index in [-0.39, 0.29) is 13.0 Å². The molecule has 0 radical (unpaired) electrons. The van der Waals surface area contributed by atoms with Gasteiger partial charge >= 0.3 is 0 Å². The highest BCUT2D eigenvalue weighted by Gasteiger charge is 2.71. The molecule has 4 heteroatoms. The van der Waals surface area contributed by atoms with Crippen molar-refractivity contribution in [3.63, 3.8) is 0 Å². The molecule has 1 aliphatic carbocycles. The first-order valence-electron chi connectivity index (χ1n) is 5.83. The maximum Gasteiger partial charge on any atom is 0.261 e. The average Bonchev–Trinajstić information content (AvgIpc) is 2.78. The third kappa shape index (κ3) is 1.60. The largest absolute Gasteiger partial charge is 0.329 e. The summed E-state index contributed by atoms with van der Waals surface area (Å²) in [6, 6.07) is 13.5. The van der Waals surface area contributed by atoms with Crippen molar-refractivity contribution in [3.05, 3.63) is 47.3 Å². The van der Waals surface area contributed by atoms with E-state index in [0.717, 1.165) is 10.4 Å². The van der Waals surface area contributed by atoms with Crippen LogP contribution in [0.2, 0.25) is 0 Å². The van der Waals surface area contributed by atoms with E-state index >= 15 is 0 Å². The van der Waals surface area contributed by atoms with Crippen molar-refractivity contribution < 1.29 is 8.78 Å². The summed E-state index contributed by atoms with van der Waals surface area (Å²) in [6.45, 7) is 0.00867. The predicted molar refractivity (Wildman–Crippen MR) is 70.1 cm³/mol. The maximum absolute atomic E-state index is 13.5. The zero-order valence-electron chi connectivity index (χ0n) is 9.70. The molecular weight excluding hydrogens is 252 g/mol. The summed E-state index contributed by atoms with van der Waals surface area (Å²) in [7, 11) is 0. The van der Waals surface area contributed by atoms with Crippen molar-refractivity contribution >= 4 is 11.3 Å². The predicted octanol–water partition coefficient (Wildman–Crippen LogP) is 3.65. The number of hydrogen-bond acceptors (Lipinski definition) is 2. The highest BCUT2D eigenvalue weighted by atomic mass is 32.1. The van der Waals surface area contributed by atoms with E-state index in [1.54, 1.807) is 6.07 Å². The summed E-state index contributed by atoms with van der Waals surface area (Å²) < 4.78 is 27.0. The van der Waals surface area contributed by atoms with Crippen LogP contribution in [0.1, 0.15) is 11.3 Å². The van der Waals surface area contributed by atoms with Gasteiger partial charge in [0.2, 0.25) is 0 Å². The second kappa shape index (κ2) is 3.87. The fourth-order valence-corrected chi connectivity index (χ4v) is 3.54. The molecule has 1 atom stereocenters. The Morgan fingerprint density at radius 3 is 2.33 bits per heavy atom. The van der Waals surface area contributed by atoms with Gasteiger partial charge in [0.1, 0.15) is 0 Å². The van der Waals surface area contributed by atoms with E-state index in [4.69, 9.17) is 5.73 Å². The molecule has 1 saturated carbocycles. The smallest absolute Gasteiger partial charge is 0.261 e. The van der Waals surface area contributed by atoms with Crippen molar-refractivity contribution in [2.45, 2.75) is 17.8 Å². The molecule has 1 unspecified atom stereocenters. The fraction of sp³-hybridized carbons (Fsp3) is 0.286. The second-order valence-corrected chi connectivity index (χ2v) is 5.78. The van der Waals surface area contributed by atoms with E-state index in [9.17, 15) is 8.78 Å². The van der Waals surface area contributed by atoms with Gasteiger partial charge in [-0.05, 0) is 17.7 Å². The lowest BCUT2D eigenvalue weighted by Crippen LogP contribution is -2.25. The fourth-order valence-electron chi connectivity index (χ4n) is 2.28. The van der Waals surface area contributed by atoms with E-state index < -0.39 is 11.3 Å². The SMILES string of the molecule is NCC1(c2ccc(-c3ccccc3)s2)CC1(F)F. The first kappa shape index (κ1) is 11.8. The van der Waals surface area contributed by atoms with Crippen LogP contribution in [0.3, 0.4) is 0 Å². The molecular formula is C14H13F2NS. The van der Waals surface area contributed by atoms with E-state index in [1.165, 1.54) is 11.3 Å². The quantitative estimate of drug-likeness (QED) is 0.900. The van der Waals surface area contributed by atoms with Crippen LogP contribution in [0, 0.1) is 0 Å². The number of benzene rings is 1. The molecule has 2 N–H and O–H groups in total. The van der Waals surface area contributed by atoms with Crippen molar-refractivity contribution in [1.29, 1.82) is 0 Å². The Balaban J connectivity index is 1.96. The van der Waals surface area contributed by atoms with Crippen LogP contribution in [-0.4, -0.2) is 12.5 Å². The standard InChI is InChI=1S/C14H13F2NS/c15-14(16)8-13(14,9-17)12-7-6-11(18-12)10-4-2-1-3-5-10/h1-7H,8-9,17H2. The lowest BCUT2D eigenvalue weighted by molar-refractivity contribution is 0.0904. The Labute approximate surface area is 108 Å². The molecule has 1 heterocycles. The minimum absolute atomic E-state index is 0.00867. The summed E-state index contributed by atoms with van der Waals surface area (Å²) >= 11 is 1.42. The average molecular weight is 265 g/mol. The molecule has 0 aliphatic heterocycles. The molecule has 1 nitrogen and oxygen atoms in total. The number of alkyl halides is 2. The normalized spacial score (nSPS) is 25.1. The Kier molecular flexibility index (Phi) is 2.54. The van der Waals surface area contributed by atoms with Crippen LogP contribution in [0.25, 0.3) is 10.4 Å². The molecule has 1 aromatic heterocycles. The molecule has 1 fully saturated rings. The highest BCUT2D eigenvalue weighted by molar-refractivity contribution is 7.15. The molecule has 2 aromatic rings. The topological polar surface area (TPSA) is 26.0 Å². The van der Waals surface area contributed by atoms with Crippen molar-refractivity contribution in [2.75, 3.05) is 6.54 Å². The lowest BCUT2D eigenvalue weighted by Gasteiger charge is -2.10. The molecule has 0 amide bonds. The van der Waals surface area contributed by atoms with Gasteiger partial charge in [0.15, 0.2) is 0 Å². The van der Waals surface area contributed by atoms with Crippen molar-refractivity contribution in [2.24, 2.45) is 5.73 Å². The molecule has 1 aliphatic rings. The molecule has 1 aromatic carbocycles. The summed E-state index contributed by atoms with van der Waals surface area (Å²) in [5, 5.41) is 0. The molecule has 0 saturated heterocycles. The van der Waals surface area contributed by atoms with Crippen LogP contribution in [0.5, 0.6) is 0 Å². The van der Waals surface area contributed by atoms with Gasteiger partial charge in [-0.15, -0.1) is 11.3 Å². The first-order chi connectivity index (χ1) is 8.59. The molecule has 3 rings (SSSR count). The Bertz CT molecular complexity index is 564. The zero-order valence-corrected chi connectivity index (χ0v) is 10.5. The number of hydrogen-bond donors (Lipinski definition) is 1. The van der Waals surface area contributed by atoms with Gasteiger partial charge in [-0.3, -0.25) is 0 Å². The van der Waals surface area contributed by atoms with E-state index in [2.05, 4.69) is 0 Å². The maximum atomic E-state index is 13.5. The molecule has 94 valence electrons. The first-order valence-corrected chi connectivity index (χ1v) is 6.64. The number of halogens is 2. The van der Waals surface area contributed by atoms with Crippen LogP contribution >= 0.6 is 11.3 Å². The van der Waals surface area contributed by atoms with E-state index in [0.29, 0.717) is 4.88 Å². The minimum Gasteiger partial charge on any atom is -0.329 e. The minimum atomic E-state index is -2.64. The van der Waals surface area contributed by atoms with Gasteiger partial charge in [-0.25, -0.2) is 8.78 Å². The third-order valence-electron chi connectivity index (χ3n) is 3.58. The van der Waals surface area contributed by atoms with Crippen molar-refractivity contribution in [3.8, 4) is 10.4 Å². The number of thiophene rings is 1. The van der Waals surface area contributed by atoms with Crippen LogP contribution in [0.15, 0.2) is 42.5 Å². The summed E-state index contributed by atoms with van der Waals surface area (Å²) in [4.78, 5) is 1.72. The highest BCUT2D eigenvalue weighted by Crippen LogP contribution is 2.62. The van der Waals surface area contributed by atoms with Crippen LogP contribution in [-0.2, 0) is 5.41 Å². The van der Waals surface area contributed by atoms with Gasteiger partial charge in [0.05, 0.1) is 5.41 Å². The Morgan fingerprint density at radius 1 is 1.11 bits per heavy atom. The Hall–Kier alpha value is -1.26. The van der Waals surface area contributed by atoms with Gasteiger partial charge in [-0.2, -0.15) is 0 Å². The van der Waals surface area contributed by atoms with Gasteiger partial charge < -0.3 is 5.73 Å². The van der Waals surface area contributed by atoms with Crippen LogP contribution < -0.4 is 5.73 Å².